The molecule has 4 heteroatoms. The van der Waals surface area contributed by atoms with Crippen molar-refractivity contribution in [1.82, 2.24) is 15.2 Å². The van der Waals surface area contributed by atoms with Crippen LogP contribution in [0.2, 0.25) is 0 Å². The van der Waals surface area contributed by atoms with Crippen molar-refractivity contribution in [3.05, 3.63) is 17.8 Å². The molecule has 1 aromatic rings. The highest BCUT2D eigenvalue weighted by atomic mass is 16.4. The van der Waals surface area contributed by atoms with Gasteiger partial charge in [0.25, 0.3) is 0 Å². The van der Waals surface area contributed by atoms with Gasteiger partial charge in [-0.3, -0.25) is 4.90 Å². The van der Waals surface area contributed by atoms with Crippen LogP contribution < -0.4 is 5.32 Å². The van der Waals surface area contributed by atoms with Crippen molar-refractivity contribution in [3.8, 4) is 0 Å². The summed E-state index contributed by atoms with van der Waals surface area (Å²) in [6, 6.07) is 0.577. The van der Waals surface area contributed by atoms with Gasteiger partial charge in [0.1, 0.15) is 5.76 Å². The summed E-state index contributed by atoms with van der Waals surface area (Å²) in [7, 11) is 0. The molecule has 0 aromatic carbocycles. The Morgan fingerprint density at radius 2 is 2.41 bits per heavy atom. The highest BCUT2D eigenvalue weighted by Crippen LogP contribution is 2.12. The molecule has 1 atom stereocenters. The number of aromatic nitrogens is 1. The first-order valence-corrected chi connectivity index (χ1v) is 6.52. The zero-order chi connectivity index (χ0) is 12.3. The molecular weight excluding hydrogens is 214 g/mol. The third-order valence-corrected chi connectivity index (χ3v) is 3.35. The van der Waals surface area contributed by atoms with E-state index in [1.807, 2.05) is 6.92 Å². The SMILES string of the molecule is Cc1cnc(CN2CCCNC(C(C)C)C2)o1. The first-order valence-electron chi connectivity index (χ1n) is 6.52. The number of nitrogens with one attached hydrogen (secondary N) is 1. The van der Waals surface area contributed by atoms with E-state index in [4.69, 9.17) is 4.42 Å². The lowest BCUT2D eigenvalue weighted by Crippen LogP contribution is -2.41. The molecule has 4 nitrogen and oxygen atoms in total. The fourth-order valence-electron chi connectivity index (χ4n) is 2.28. The number of nitrogens with zero attached hydrogens (tertiary/aromatic N) is 2. The van der Waals surface area contributed by atoms with Gasteiger partial charge in [-0.2, -0.15) is 0 Å². The van der Waals surface area contributed by atoms with Gasteiger partial charge in [0.15, 0.2) is 0 Å². The minimum absolute atomic E-state index is 0.577. The first kappa shape index (κ1) is 12.6. The molecule has 1 aliphatic heterocycles. The van der Waals surface area contributed by atoms with Crippen LogP contribution in [0.4, 0.5) is 0 Å². The van der Waals surface area contributed by atoms with Crippen LogP contribution in [0.25, 0.3) is 0 Å². The third kappa shape index (κ3) is 3.54. The Kier molecular flexibility index (Phi) is 4.18. The molecule has 0 saturated carbocycles. The van der Waals surface area contributed by atoms with Crippen molar-refractivity contribution >= 4 is 0 Å². The normalized spacial score (nSPS) is 22.9. The van der Waals surface area contributed by atoms with E-state index in [9.17, 15) is 0 Å². The summed E-state index contributed by atoms with van der Waals surface area (Å²) in [5, 5.41) is 3.61. The lowest BCUT2D eigenvalue weighted by Gasteiger charge is -2.25. The zero-order valence-corrected chi connectivity index (χ0v) is 11.1. The molecular formula is C13H23N3O. The van der Waals surface area contributed by atoms with Crippen LogP contribution in [0.3, 0.4) is 0 Å². The molecule has 0 amide bonds. The smallest absolute Gasteiger partial charge is 0.208 e. The van der Waals surface area contributed by atoms with Gasteiger partial charge in [-0.1, -0.05) is 13.8 Å². The van der Waals surface area contributed by atoms with Gasteiger partial charge in [0.05, 0.1) is 12.7 Å². The van der Waals surface area contributed by atoms with Crippen molar-refractivity contribution < 1.29 is 4.42 Å². The largest absolute Gasteiger partial charge is 0.445 e. The van der Waals surface area contributed by atoms with Gasteiger partial charge in [-0.05, 0) is 32.4 Å². The van der Waals surface area contributed by atoms with E-state index < -0.39 is 0 Å². The molecule has 1 N–H and O–H groups in total. The minimum atomic E-state index is 0.577. The van der Waals surface area contributed by atoms with E-state index in [0.717, 1.165) is 37.8 Å². The van der Waals surface area contributed by atoms with Crippen LogP contribution in [0, 0.1) is 12.8 Å². The van der Waals surface area contributed by atoms with Crippen molar-refractivity contribution in [3.63, 3.8) is 0 Å². The average molecular weight is 237 g/mol. The van der Waals surface area contributed by atoms with Gasteiger partial charge in [-0.15, -0.1) is 0 Å². The molecule has 1 saturated heterocycles. The van der Waals surface area contributed by atoms with Crippen LogP contribution in [0.5, 0.6) is 0 Å². The number of hydrogen-bond donors (Lipinski definition) is 1. The predicted octanol–water partition coefficient (Wildman–Crippen LogP) is 1.80. The fourth-order valence-corrected chi connectivity index (χ4v) is 2.28. The maximum Gasteiger partial charge on any atom is 0.208 e. The van der Waals surface area contributed by atoms with Crippen molar-refractivity contribution in [2.45, 2.75) is 39.8 Å². The molecule has 1 unspecified atom stereocenters. The summed E-state index contributed by atoms with van der Waals surface area (Å²) in [6.07, 6.45) is 2.99. The Balaban J connectivity index is 1.94. The lowest BCUT2D eigenvalue weighted by atomic mass is 10.0. The molecule has 0 aliphatic carbocycles. The lowest BCUT2D eigenvalue weighted by molar-refractivity contribution is 0.217. The highest BCUT2D eigenvalue weighted by Gasteiger charge is 2.21. The Hall–Kier alpha value is -0.870. The first-order chi connectivity index (χ1) is 8.15. The van der Waals surface area contributed by atoms with Gasteiger partial charge < -0.3 is 9.73 Å². The molecule has 1 aromatic heterocycles. The summed E-state index contributed by atoms with van der Waals surface area (Å²) < 4.78 is 5.55. The van der Waals surface area contributed by atoms with Crippen molar-refractivity contribution in [2.75, 3.05) is 19.6 Å². The maximum absolute atomic E-state index is 5.55. The van der Waals surface area contributed by atoms with Crippen LogP contribution in [0.15, 0.2) is 10.6 Å². The Bertz CT molecular complexity index is 348. The zero-order valence-electron chi connectivity index (χ0n) is 11.1. The van der Waals surface area contributed by atoms with Crippen molar-refractivity contribution in [2.24, 2.45) is 5.92 Å². The van der Waals surface area contributed by atoms with Gasteiger partial charge in [-0.25, -0.2) is 4.98 Å². The third-order valence-electron chi connectivity index (χ3n) is 3.35. The number of hydrogen-bond acceptors (Lipinski definition) is 4. The minimum Gasteiger partial charge on any atom is -0.445 e. The van der Waals surface area contributed by atoms with E-state index in [0.29, 0.717) is 12.0 Å². The molecule has 0 spiro atoms. The molecule has 96 valence electrons. The van der Waals surface area contributed by atoms with Crippen LogP contribution in [-0.4, -0.2) is 35.6 Å². The van der Waals surface area contributed by atoms with Gasteiger partial charge in [0.2, 0.25) is 5.89 Å². The molecule has 1 fully saturated rings. The standard InChI is InChI=1S/C13H23N3O/c1-10(2)12-8-16(6-4-5-14-12)9-13-15-7-11(3)17-13/h7,10,12,14H,4-6,8-9H2,1-3H3. The van der Waals surface area contributed by atoms with Crippen molar-refractivity contribution in [1.29, 1.82) is 0 Å². The molecule has 0 bridgehead atoms. The Morgan fingerprint density at radius 1 is 1.59 bits per heavy atom. The molecule has 1 aliphatic rings. The molecule has 2 heterocycles. The van der Waals surface area contributed by atoms with E-state index in [-0.39, 0.29) is 0 Å². The predicted molar refractivity (Wildman–Crippen MR) is 67.8 cm³/mol. The van der Waals surface area contributed by atoms with Crippen LogP contribution in [0.1, 0.15) is 31.9 Å². The Morgan fingerprint density at radius 3 is 3.06 bits per heavy atom. The molecule has 0 radical (unpaired) electrons. The monoisotopic (exact) mass is 237 g/mol. The van der Waals surface area contributed by atoms with Gasteiger partial charge in [0, 0.05) is 12.6 Å². The number of aryl methyl sites for hydroxylation is 1. The van der Waals surface area contributed by atoms with E-state index in [1.165, 1.54) is 6.42 Å². The second-order valence-electron chi connectivity index (χ2n) is 5.26. The quantitative estimate of drug-likeness (QED) is 0.870. The van der Waals surface area contributed by atoms with Crippen LogP contribution >= 0.6 is 0 Å². The molecule has 2 rings (SSSR count). The number of oxazole rings is 1. The maximum atomic E-state index is 5.55. The van der Waals surface area contributed by atoms with E-state index >= 15 is 0 Å². The number of rotatable bonds is 3. The summed E-state index contributed by atoms with van der Waals surface area (Å²) in [4.78, 5) is 6.72. The molecule has 17 heavy (non-hydrogen) atoms. The topological polar surface area (TPSA) is 41.3 Å². The fraction of sp³-hybridized carbons (Fsp3) is 0.769. The summed E-state index contributed by atoms with van der Waals surface area (Å²) >= 11 is 0. The van der Waals surface area contributed by atoms with Gasteiger partial charge >= 0.3 is 0 Å². The second kappa shape index (κ2) is 5.65. The summed E-state index contributed by atoms with van der Waals surface area (Å²) in [6.45, 7) is 10.6. The van der Waals surface area contributed by atoms with E-state index in [2.05, 4.69) is 29.0 Å². The average Bonchev–Trinajstić information content (AvgIpc) is 2.54. The highest BCUT2D eigenvalue weighted by molar-refractivity contribution is 4.91. The van der Waals surface area contributed by atoms with E-state index in [1.54, 1.807) is 6.20 Å². The Labute approximate surface area is 103 Å². The van der Waals surface area contributed by atoms with Crippen LogP contribution in [-0.2, 0) is 6.54 Å². The second-order valence-corrected chi connectivity index (χ2v) is 5.26. The summed E-state index contributed by atoms with van der Waals surface area (Å²) in [5.74, 6) is 2.40. The summed E-state index contributed by atoms with van der Waals surface area (Å²) in [5.41, 5.74) is 0.